The van der Waals surface area contributed by atoms with E-state index >= 15 is 0 Å². The summed E-state index contributed by atoms with van der Waals surface area (Å²) in [5.41, 5.74) is 0.0654. The number of hydrogen-bond acceptors (Lipinski definition) is 8. The van der Waals surface area contributed by atoms with Crippen molar-refractivity contribution in [3.63, 3.8) is 0 Å². The van der Waals surface area contributed by atoms with Crippen molar-refractivity contribution in [1.82, 2.24) is 24.9 Å². The van der Waals surface area contributed by atoms with Crippen LogP contribution in [0.1, 0.15) is 47.0 Å². The van der Waals surface area contributed by atoms with Gasteiger partial charge in [0.25, 0.3) is 5.91 Å². The number of fused-ring (bicyclic) bond motifs is 1. The molecule has 32 heavy (non-hydrogen) atoms. The third kappa shape index (κ3) is 6.04. The van der Waals surface area contributed by atoms with Crippen molar-refractivity contribution in [1.29, 1.82) is 0 Å². The van der Waals surface area contributed by atoms with Gasteiger partial charge >= 0.3 is 12.1 Å². The maximum Gasteiger partial charge on any atom is 0.410 e. The van der Waals surface area contributed by atoms with Crippen LogP contribution in [-0.2, 0) is 23.9 Å². The van der Waals surface area contributed by atoms with Crippen LogP contribution in [0.4, 0.5) is 4.79 Å². The predicted octanol–water partition coefficient (Wildman–Crippen LogP) is 0.629. The summed E-state index contributed by atoms with van der Waals surface area (Å²) in [6.07, 6.45) is 2.93. The second kappa shape index (κ2) is 9.66. The van der Waals surface area contributed by atoms with Gasteiger partial charge in [0.2, 0.25) is 5.91 Å². The molecule has 3 amide bonds. The van der Waals surface area contributed by atoms with Crippen molar-refractivity contribution >= 4 is 23.9 Å². The van der Waals surface area contributed by atoms with Crippen molar-refractivity contribution in [2.75, 3.05) is 39.7 Å². The first-order valence-corrected chi connectivity index (χ1v) is 10.9. The van der Waals surface area contributed by atoms with E-state index in [1.807, 2.05) is 30.6 Å². The van der Waals surface area contributed by atoms with Crippen LogP contribution in [0.25, 0.3) is 0 Å². The molecule has 3 aliphatic rings. The summed E-state index contributed by atoms with van der Waals surface area (Å²) in [5.74, 6) is -0.643. The van der Waals surface area contributed by atoms with Gasteiger partial charge in [0.15, 0.2) is 6.73 Å². The lowest BCUT2D eigenvalue weighted by Crippen LogP contribution is -2.49. The summed E-state index contributed by atoms with van der Waals surface area (Å²) in [4.78, 5) is 55.0. The zero-order valence-corrected chi connectivity index (χ0v) is 19.3. The standard InChI is InChI=1S/C21H33N5O6/c1-15(27)22-8-5-18(28)31-14-23-11-17-19(29)26(13-25(17)12-23)16-6-9-24(10-7-16)20(30)32-21(2,3)4/h11,16H,5-10,12-14H2,1-4H3,(H,22,27). The first kappa shape index (κ1) is 23.7. The minimum Gasteiger partial charge on any atom is -0.444 e. The molecule has 11 heteroatoms. The third-order valence-corrected chi connectivity index (χ3v) is 5.45. The van der Waals surface area contributed by atoms with Gasteiger partial charge in [-0.2, -0.15) is 0 Å². The molecule has 1 N–H and O–H groups in total. The Morgan fingerprint density at radius 2 is 1.84 bits per heavy atom. The first-order valence-electron chi connectivity index (χ1n) is 10.9. The number of piperidine rings is 1. The molecular formula is C21H33N5O6. The van der Waals surface area contributed by atoms with Gasteiger partial charge < -0.3 is 34.4 Å². The van der Waals surface area contributed by atoms with E-state index in [1.54, 1.807) is 16.0 Å². The number of nitrogens with zero attached hydrogens (tertiary/aromatic N) is 4. The molecule has 11 nitrogen and oxygen atoms in total. The lowest BCUT2D eigenvalue weighted by molar-refractivity contribution is -0.147. The molecule has 0 unspecified atom stereocenters. The van der Waals surface area contributed by atoms with Crippen molar-refractivity contribution in [3.8, 4) is 0 Å². The molecule has 3 rings (SSSR count). The topological polar surface area (TPSA) is 112 Å². The van der Waals surface area contributed by atoms with Crippen LogP contribution in [-0.4, -0.2) is 94.8 Å². The van der Waals surface area contributed by atoms with Gasteiger partial charge in [0, 0.05) is 38.8 Å². The molecule has 0 bridgehead atoms. The van der Waals surface area contributed by atoms with Crippen LogP contribution < -0.4 is 5.32 Å². The Balaban J connectivity index is 1.43. The Hall–Kier alpha value is -2.98. The lowest BCUT2D eigenvalue weighted by Gasteiger charge is -2.37. The molecule has 0 atom stereocenters. The molecule has 0 radical (unpaired) electrons. The Labute approximate surface area is 188 Å². The number of esters is 1. The average Bonchev–Trinajstić information content (AvgIpc) is 3.24. The second-order valence-corrected chi connectivity index (χ2v) is 9.28. The molecule has 0 spiro atoms. The van der Waals surface area contributed by atoms with Crippen LogP contribution >= 0.6 is 0 Å². The average molecular weight is 452 g/mol. The Morgan fingerprint density at radius 1 is 1.16 bits per heavy atom. The molecule has 2 fully saturated rings. The largest absolute Gasteiger partial charge is 0.444 e. The van der Waals surface area contributed by atoms with Gasteiger partial charge in [-0.05, 0) is 33.6 Å². The Kier molecular flexibility index (Phi) is 7.15. The Bertz CT molecular complexity index is 784. The van der Waals surface area contributed by atoms with Crippen molar-refractivity contribution in [2.24, 2.45) is 0 Å². The zero-order valence-electron chi connectivity index (χ0n) is 19.3. The number of carbonyl (C=O) groups excluding carboxylic acids is 4. The number of carbonyl (C=O) groups is 4. The summed E-state index contributed by atoms with van der Waals surface area (Å²) in [6, 6.07) is 0.0766. The number of rotatable bonds is 6. The summed E-state index contributed by atoms with van der Waals surface area (Å²) < 4.78 is 10.6. The van der Waals surface area contributed by atoms with E-state index in [0.29, 0.717) is 45.0 Å². The van der Waals surface area contributed by atoms with E-state index in [2.05, 4.69) is 5.32 Å². The summed E-state index contributed by atoms with van der Waals surface area (Å²) in [5, 5.41) is 2.54. The number of hydrogen-bond donors (Lipinski definition) is 1. The second-order valence-electron chi connectivity index (χ2n) is 9.28. The number of likely N-dealkylation sites (tertiary alicyclic amines) is 1. The number of nitrogens with one attached hydrogen (secondary N) is 1. The zero-order chi connectivity index (χ0) is 23.5. The van der Waals surface area contributed by atoms with E-state index < -0.39 is 11.6 Å². The van der Waals surface area contributed by atoms with Crippen LogP contribution in [0.3, 0.4) is 0 Å². The summed E-state index contributed by atoms with van der Waals surface area (Å²) in [7, 11) is 0. The minimum absolute atomic E-state index is 0.0415. The van der Waals surface area contributed by atoms with E-state index in [-0.39, 0.29) is 43.6 Å². The summed E-state index contributed by atoms with van der Waals surface area (Å²) in [6.45, 7) is 9.28. The van der Waals surface area contributed by atoms with Gasteiger partial charge in [0.05, 0.1) is 19.8 Å². The molecule has 3 aliphatic heterocycles. The molecule has 2 saturated heterocycles. The number of amides is 3. The smallest absolute Gasteiger partial charge is 0.410 e. The SMILES string of the molecule is CC(=O)NCCC(=O)OCN1C=C2C(=O)N(C3CCN(C(=O)OC(C)(C)C)CC3)CN2C1. The van der Waals surface area contributed by atoms with Crippen LogP contribution in [0.15, 0.2) is 11.9 Å². The highest BCUT2D eigenvalue weighted by molar-refractivity contribution is 5.95. The molecule has 0 aromatic heterocycles. The maximum atomic E-state index is 12.9. The molecule has 3 heterocycles. The molecular weight excluding hydrogens is 418 g/mol. The van der Waals surface area contributed by atoms with E-state index in [9.17, 15) is 19.2 Å². The fourth-order valence-electron chi connectivity index (χ4n) is 3.91. The van der Waals surface area contributed by atoms with Crippen molar-refractivity contribution in [3.05, 3.63) is 11.9 Å². The molecule has 178 valence electrons. The predicted molar refractivity (Wildman–Crippen MR) is 113 cm³/mol. The number of ether oxygens (including phenoxy) is 2. The Morgan fingerprint density at radius 3 is 2.44 bits per heavy atom. The normalized spacial score (nSPS) is 19.1. The van der Waals surface area contributed by atoms with Gasteiger partial charge in [0.1, 0.15) is 11.3 Å². The van der Waals surface area contributed by atoms with Crippen LogP contribution in [0.5, 0.6) is 0 Å². The highest BCUT2D eigenvalue weighted by Gasteiger charge is 2.42. The van der Waals surface area contributed by atoms with Crippen LogP contribution in [0, 0.1) is 0 Å². The first-order chi connectivity index (χ1) is 15.0. The van der Waals surface area contributed by atoms with E-state index in [4.69, 9.17) is 9.47 Å². The minimum atomic E-state index is -0.526. The van der Waals surface area contributed by atoms with E-state index in [1.165, 1.54) is 6.92 Å². The fraction of sp³-hybridized carbons (Fsp3) is 0.714. The highest BCUT2D eigenvalue weighted by Crippen LogP contribution is 2.29. The van der Waals surface area contributed by atoms with E-state index in [0.717, 1.165) is 0 Å². The molecule has 0 aromatic carbocycles. The van der Waals surface area contributed by atoms with Gasteiger partial charge in [-0.25, -0.2) is 4.79 Å². The quantitative estimate of drug-likeness (QED) is 0.586. The van der Waals surface area contributed by atoms with Gasteiger partial charge in [-0.15, -0.1) is 0 Å². The lowest BCUT2D eigenvalue weighted by atomic mass is 10.0. The van der Waals surface area contributed by atoms with Crippen molar-refractivity contribution in [2.45, 2.75) is 58.6 Å². The van der Waals surface area contributed by atoms with Gasteiger partial charge in [-0.3, -0.25) is 14.4 Å². The molecule has 0 saturated carbocycles. The third-order valence-electron chi connectivity index (χ3n) is 5.45. The van der Waals surface area contributed by atoms with Crippen molar-refractivity contribution < 1.29 is 28.7 Å². The highest BCUT2D eigenvalue weighted by atomic mass is 16.6. The fourth-order valence-corrected chi connectivity index (χ4v) is 3.91. The monoisotopic (exact) mass is 451 g/mol. The molecule has 0 aromatic rings. The summed E-state index contributed by atoms with van der Waals surface area (Å²) >= 11 is 0. The maximum absolute atomic E-state index is 12.9. The van der Waals surface area contributed by atoms with Crippen LogP contribution in [0.2, 0.25) is 0 Å². The molecule has 0 aliphatic carbocycles. The van der Waals surface area contributed by atoms with Gasteiger partial charge in [-0.1, -0.05) is 0 Å².